The first-order valence-corrected chi connectivity index (χ1v) is 8.92. The standard InChI is InChI=1S/C14H23N3O2S/c1-10-3-2-4-14(10)16-20(18,19)13-7-12(8-15)17(9-13)11-5-6-11/h7,9-11,14,16H,2-6,8,15H2,1H3. The van der Waals surface area contributed by atoms with Gasteiger partial charge in [-0.25, -0.2) is 13.1 Å². The fraction of sp³-hybridized carbons (Fsp3) is 0.714. The Balaban J connectivity index is 1.83. The third-order valence-electron chi connectivity index (χ3n) is 4.53. The Bertz CT molecular complexity index is 590. The van der Waals surface area contributed by atoms with Crippen molar-refractivity contribution in [2.75, 3.05) is 0 Å². The summed E-state index contributed by atoms with van der Waals surface area (Å²) in [7, 11) is -3.42. The van der Waals surface area contributed by atoms with Crippen LogP contribution in [0.25, 0.3) is 0 Å². The zero-order valence-electron chi connectivity index (χ0n) is 11.9. The molecule has 0 aromatic carbocycles. The largest absolute Gasteiger partial charge is 0.346 e. The average molecular weight is 297 g/mol. The average Bonchev–Trinajstić information content (AvgIpc) is 3.03. The molecule has 5 nitrogen and oxygen atoms in total. The fourth-order valence-electron chi connectivity index (χ4n) is 3.09. The Morgan fingerprint density at radius 3 is 2.65 bits per heavy atom. The van der Waals surface area contributed by atoms with Crippen LogP contribution in [0, 0.1) is 5.92 Å². The summed E-state index contributed by atoms with van der Waals surface area (Å²) in [5.41, 5.74) is 6.63. The van der Waals surface area contributed by atoms with Crippen molar-refractivity contribution in [1.29, 1.82) is 0 Å². The van der Waals surface area contributed by atoms with Gasteiger partial charge >= 0.3 is 0 Å². The van der Waals surface area contributed by atoms with Crippen LogP contribution < -0.4 is 10.5 Å². The van der Waals surface area contributed by atoms with E-state index in [1.807, 2.05) is 4.57 Å². The zero-order valence-corrected chi connectivity index (χ0v) is 12.7. The fourth-order valence-corrected chi connectivity index (χ4v) is 4.52. The maximum absolute atomic E-state index is 12.5. The van der Waals surface area contributed by atoms with Gasteiger partial charge < -0.3 is 10.3 Å². The molecule has 0 aliphatic heterocycles. The van der Waals surface area contributed by atoms with E-state index in [9.17, 15) is 8.42 Å². The van der Waals surface area contributed by atoms with E-state index < -0.39 is 10.0 Å². The van der Waals surface area contributed by atoms with Crippen LogP contribution in [0.3, 0.4) is 0 Å². The van der Waals surface area contributed by atoms with Crippen molar-refractivity contribution in [3.63, 3.8) is 0 Å². The summed E-state index contributed by atoms with van der Waals surface area (Å²) >= 11 is 0. The minimum atomic E-state index is -3.42. The maximum atomic E-state index is 12.5. The number of nitrogens with zero attached hydrogens (tertiary/aromatic N) is 1. The van der Waals surface area contributed by atoms with Crippen LogP contribution in [-0.4, -0.2) is 19.0 Å². The first-order valence-electron chi connectivity index (χ1n) is 7.44. The van der Waals surface area contributed by atoms with E-state index in [1.54, 1.807) is 12.3 Å². The molecule has 2 aliphatic carbocycles. The third kappa shape index (κ3) is 2.64. The predicted octanol–water partition coefficient (Wildman–Crippen LogP) is 1.75. The molecule has 0 amide bonds. The summed E-state index contributed by atoms with van der Waals surface area (Å²) in [5.74, 6) is 0.421. The summed E-state index contributed by atoms with van der Waals surface area (Å²) in [4.78, 5) is 0.365. The van der Waals surface area contributed by atoms with Crippen LogP contribution in [0.15, 0.2) is 17.2 Å². The second-order valence-electron chi connectivity index (χ2n) is 6.15. The number of sulfonamides is 1. The quantitative estimate of drug-likeness (QED) is 0.869. The summed E-state index contributed by atoms with van der Waals surface area (Å²) in [6.45, 7) is 2.49. The lowest BCUT2D eigenvalue weighted by Crippen LogP contribution is -2.36. The Labute approximate surface area is 120 Å². The highest BCUT2D eigenvalue weighted by molar-refractivity contribution is 7.89. The number of rotatable bonds is 5. The van der Waals surface area contributed by atoms with Crippen molar-refractivity contribution in [2.45, 2.75) is 62.6 Å². The van der Waals surface area contributed by atoms with Crippen molar-refractivity contribution in [3.8, 4) is 0 Å². The SMILES string of the molecule is CC1CCCC1NS(=O)(=O)c1cc(CN)n(C2CC2)c1. The third-order valence-corrected chi connectivity index (χ3v) is 5.99. The molecule has 3 N–H and O–H groups in total. The van der Waals surface area contributed by atoms with Crippen molar-refractivity contribution in [1.82, 2.24) is 9.29 Å². The lowest BCUT2D eigenvalue weighted by molar-refractivity contribution is 0.476. The number of hydrogen-bond acceptors (Lipinski definition) is 3. The molecule has 0 radical (unpaired) electrons. The minimum Gasteiger partial charge on any atom is -0.346 e. The molecule has 1 aromatic rings. The molecule has 0 bridgehead atoms. The predicted molar refractivity (Wildman–Crippen MR) is 77.7 cm³/mol. The topological polar surface area (TPSA) is 77.1 Å². The molecular formula is C14H23N3O2S. The monoisotopic (exact) mass is 297 g/mol. The Morgan fingerprint density at radius 1 is 1.35 bits per heavy atom. The van der Waals surface area contributed by atoms with Gasteiger partial charge in [0, 0.05) is 30.5 Å². The van der Waals surface area contributed by atoms with Gasteiger partial charge in [-0.1, -0.05) is 13.3 Å². The molecule has 2 atom stereocenters. The molecule has 3 rings (SSSR count). The van der Waals surface area contributed by atoms with Crippen molar-refractivity contribution in [2.24, 2.45) is 11.7 Å². The van der Waals surface area contributed by atoms with E-state index in [4.69, 9.17) is 5.73 Å². The van der Waals surface area contributed by atoms with Crippen LogP contribution in [0.2, 0.25) is 0 Å². The normalized spacial score (nSPS) is 27.1. The maximum Gasteiger partial charge on any atom is 0.242 e. The number of aromatic nitrogens is 1. The van der Waals surface area contributed by atoms with Gasteiger partial charge in [0.2, 0.25) is 10.0 Å². The summed E-state index contributed by atoms with van der Waals surface area (Å²) in [6.07, 6.45) is 7.13. The van der Waals surface area contributed by atoms with Crippen LogP contribution in [-0.2, 0) is 16.6 Å². The Morgan fingerprint density at radius 2 is 2.10 bits per heavy atom. The molecule has 2 fully saturated rings. The lowest BCUT2D eigenvalue weighted by Gasteiger charge is -2.16. The number of nitrogens with one attached hydrogen (secondary N) is 1. The molecule has 20 heavy (non-hydrogen) atoms. The van der Waals surface area contributed by atoms with Crippen molar-refractivity contribution < 1.29 is 8.42 Å². The molecule has 6 heteroatoms. The smallest absolute Gasteiger partial charge is 0.242 e. The van der Waals surface area contributed by atoms with Gasteiger partial charge in [0.25, 0.3) is 0 Å². The minimum absolute atomic E-state index is 0.0746. The van der Waals surface area contributed by atoms with Gasteiger partial charge in [0.05, 0.1) is 4.90 Å². The second kappa shape index (κ2) is 5.16. The highest BCUT2D eigenvalue weighted by Crippen LogP contribution is 2.37. The zero-order chi connectivity index (χ0) is 14.3. The molecule has 2 aliphatic rings. The highest BCUT2D eigenvalue weighted by Gasteiger charge is 2.31. The number of hydrogen-bond donors (Lipinski definition) is 2. The van der Waals surface area contributed by atoms with E-state index >= 15 is 0 Å². The molecule has 2 saturated carbocycles. The van der Waals surface area contributed by atoms with Crippen LogP contribution in [0.4, 0.5) is 0 Å². The van der Waals surface area contributed by atoms with Gasteiger partial charge in [-0.3, -0.25) is 0 Å². The first kappa shape index (κ1) is 14.1. The van der Waals surface area contributed by atoms with Crippen molar-refractivity contribution in [3.05, 3.63) is 18.0 Å². The second-order valence-corrected chi connectivity index (χ2v) is 7.86. The van der Waals surface area contributed by atoms with Gasteiger partial charge in [0.1, 0.15) is 0 Å². The molecule has 112 valence electrons. The van der Waals surface area contributed by atoms with Crippen molar-refractivity contribution >= 4 is 10.0 Å². The Hall–Kier alpha value is -0.850. The summed E-state index contributed by atoms with van der Waals surface area (Å²) in [6, 6.07) is 2.24. The van der Waals surface area contributed by atoms with Gasteiger partial charge in [-0.2, -0.15) is 0 Å². The van der Waals surface area contributed by atoms with Crippen LogP contribution >= 0.6 is 0 Å². The summed E-state index contributed by atoms with van der Waals surface area (Å²) < 4.78 is 29.9. The molecular weight excluding hydrogens is 274 g/mol. The van der Waals surface area contributed by atoms with E-state index in [-0.39, 0.29) is 6.04 Å². The van der Waals surface area contributed by atoms with E-state index in [1.165, 1.54) is 0 Å². The Kier molecular flexibility index (Phi) is 3.64. The molecule has 0 spiro atoms. The van der Waals surface area contributed by atoms with Gasteiger partial charge in [-0.05, 0) is 37.7 Å². The molecule has 1 heterocycles. The van der Waals surface area contributed by atoms with Gasteiger partial charge in [-0.15, -0.1) is 0 Å². The van der Waals surface area contributed by atoms with Crippen LogP contribution in [0.5, 0.6) is 0 Å². The van der Waals surface area contributed by atoms with E-state index in [0.29, 0.717) is 23.4 Å². The molecule has 2 unspecified atom stereocenters. The van der Waals surface area contributed by atoms with E-state index in [0.717, 1.165) is 37.8 Å². The summed E-state index contributed by atoms with van der Waals surface area (Å²) in [5, 5.41) is 0. The lowest BCUT2D eigenvalue weighted by atomic mass is 10.1. The molecule has 1 aromatic heterocycles. The van der Waals surface area contributed by atoms with E-state index in [2.05, 4.69) is 11.6 Å². The number of nitrogens with two attached hydrogens (primary N) is 1. The van der Waals surface area contributed by atoms with Gasteiger partial charge in [0.15, 0.2) is 0 Å². The first-order chi connectivity index (χ1) is 9.51. The highest BCUT2D eigenvalue weighted by atomic mass is 32.2. The molecule has 0 saturated heterocycles. The van der Waals surface area contributed by atoms with Crippen LogP contribution in [0.1, 0.15) is 50.8 Å².